The average Bonchev–Trinajstić information content (AvgIpc) is 3.10. The molecule has 1 N–H and O–H groups in total. The molecule has 1 aromatic carbocycles. The number of hydrogen-bond acceptors (Lipinski definition) is 3. The lowest BCUT2D eigenvalue weighted by Gasteiger charge is -2.20. The van der Waals surface area contributed by atoms with Crippen LogP contribution in [0.5, 0.6) is 11.5 Å². The van der Waals surface area contributed by atoms with Crippen molar-refractivity contribution in [1.29, 1.82) is 0 Å². The van der Waals surface area contributed by atoms with Gasteiger partial charge in [-0.05, 0) is 43.0 Å². The molecule has 1 aromatic rings. The summed E-state index contributed by atoms with van der Waals surface area (Å²) in [5.74, 6) is 1.78. The van der Waals surface area contributed by atoms with Gasteiger partial charge in [-0.25, -0.2) is 0 Å². The zero-order chi connectivity index (χ0) is 11.0. The molecule has 16 heavy (non-hydrogen) atoms. The fourth-order valence-electron chi connectivity index (χ4n) is 1.96. The molecule has 0 aromatic heterocycles. The van der Waals surface area contributed by atoms with E-state index in [1.54, 1.807) is 0 Å². The van der Waals surface area contributed by atoms with Gasteiger partial charge in [0, 0.05) is 12.6 Å². The van der Waals surface area contributed by atoms with E-state index < -0.39 is 0 Å². The van der Waals surface area contributed by atoms with Crippen molar-refractivity contribution in [3.8, 4) is 11.5 Å². The first-order valence-electron chi connectivity index (χ1n) is 5.95. The number of aryl methyl sites for hydroxylation is 1. The Labute approximate surface area is 95.8 Å². The van der Waals surface area contributed by atoms with Gasteiger partial charge in [-0.1, -0.05) is 0 Å². The minimum absolute atomic E-state index is 0.658. The van der Waals surface area contributed by atoms with Crippen molar-refractivity contribution >= 4 is 0 Å². The van der Waals surface area contributed by atoms with E-state index in [0.717, 1.165) is 24.1 Å². The van der Waals surface area contributed by atoms with Gasteiger partial charge in [0.2, 0.25) is 0 Å². The van der Waals surface area contributed by atoms with E-state index in [2.05, 4.69) is 24.4 Å². The summed E-state index contributed by atoms with van der Waals surface area (Å²) >= 11 is 0. The van der Waals surface area contributed by atoms with Crippen molar-refractivity contribution < 1.29 is 9.47 Å². The quantitative estimate of drug-likeness (QED) is 0.843. The second-order valence-electron chi connectivity index (χ2n) is 4.58. The van der Waals surface area contributed by atoms with E-state index in [9.17, 15) is 0 Å². The van der Waals surface area contributed by atoms with Crippen LogP contribution in [0.4, 0.5) is 0 Å². The first kappa shape index (κ1) is 9.97. The maximum Gasteiger partial charge on any atom is 0.161 e. The predicted octanol–water partition coefficient (Wildman–Crippen LogP) is 2.02. The number of nitrogens with one attached hydrogen (secondary N) is 1. The van der Waals surface area contributed by atoms with Crippen LogP contribution in [0.3, 0.4) is 0 Å². The first-order valence-corrected chi connectivity index (χ1v) is 5.95. The highest BCUT2D eigenvalue weighted by atomic mass is 16.6. The third kappa shape index (κ3) is 2.00. The van der Waals surface area contributed by atoms with Crippen molar-refractivity contribution in [3.63, 3.8) is 0 Å². The summed E-state index contributed by atoms with van der Waals surface area (Å²) in [6.45, 7) is 4.38. The molecule has 0 spiro atoms. The van der Waals surface area contributed by atoms with Gasteiger partial charge < -0.3 is 14.8 Å². The van der Waals surface area contributed by atoms with Crippen molar-refractivity contribution in [2.24, 2.45) is 0 Å². The monoisotopic (exact) mass is 219 g/mol. The Balaban J connectivity index is 1.80. The average molecular weight is 219 g/mol. The Morgan fingerprint density at radius 2 is 1.88 bits per heavy atom. The molecule has 0 unspecified atom stereocenters. The molecule has 1 saturated carbocycles. The summed E-state index contributed by atoms with van der Waals surface area (Å²) in [5, 5.41) is 3.52. The highest BCUT2D eigenvalue weighted by molar-refractivity contribution is 5.47. The van der Waals surface area contributed by atoms with Gasteiger partial charge in [0.25, 0.3) is 0 Å². The van der Waals surface area contributed by atoms with Gasteiger partial charge in [-0.3, -0.25) is 0 Å². The molecular weight excluding hydrogens is 202 g/mol. The molecule has 1 heterocycles. The molecular formula is C13H17NO2. The molecule has 2 aliphatic rings. The zero-order valence-corrected chi connectivity index (χ0v) is 9.58. The van der Waals surface area contributed by atoms with E-state index in [1.165, 1.54) is 24.0 Å². The Morgan fingerprint density at radius 1 is 1.19 bits per heavy atom. The molecule has 0 bridgehead atoms. The van der Waals surface area contributed by atoms with E-state index in [4.69, 9.17) is 9.47 Å². The molecule has 0 amide bonds. The van der Waals surface area contributed by atoms with Crippen LogP contribution in [-0.2, 0) is 6.54 Å². The predicted molar refractivity (Wildman–Crippen MR) is 62.0 cm³/mol. The van der Waals surface area contributed by atoms with Crippen molar-refractivity contribution in [1.82, 2.24) is 5.32 Å². The smallest absolute Gasteiger partial charge is 0.161 e. The standard InChI is InChI=1S/C13H17NO2/c1-9-6-12-13(16-5-4-15-12)7-10(9)8-14-11-2-3-11/h6-7,11,14H,2-5,8H2,1H3. The lowest BCUT2D eigenvalue weighted by Crippen LogP contribution is -2.18. The second kappa shape index (κ2) is 3.98. The number of ether oxygens (including phenoxy) is 2. The normalized spacial score (nSPS) is 18.6. The van der Waals surface area contributed by atoms with Gasteiger partial charge in [0.1, 0.15) is 13.2 Å². The fourth-order valence-corrected chi connectivity index (χ4v) is 1.96. The number of hydrogen-bond donors (Lipinski definition) is 1. The largest absolute Gasteiger partial charge is 0.486 e. The van der Waals surface area contributed by atoms with E-state index in [1.807, 2.05) is 0 Å². The minimum atomic E-state index is 0.658. The summed E-state index contributed by atoms with van der Waals surface area (Å²) in [4.78, 5) is 0. The van der Waals surface area contributed by atoms with Crippen molar-refractivity contribution in [3.05, 3.63) is 23.3 Å². The van der Waals surface area contributed by atoms with E-state index in [0.29, 0.717) is 13.2 Å². The molecule has 1 aliphatic heterocycles. The van der Waals surface area contributed by atoms with E-state index in [-0.39, 0.29) is 0 Å². The van der Waals surface area contributed by atoms with Crippen molar-refractivity contribution in [2.75, 3.05) is 13.2 Å². The summed E-state index contributed by atoms with van der Waals surface area (Å²) in [6.07, 6.45) is 2.65. The van der Waals surface area contributed by atoms with Crippen LogP contribution in [0.25, 0.3) is 0 Å². The molecule has 86 valence electrons. The third-order valence-electron chi connectivity index (χ3n) is 3.16. The molecule has 3 rings (SSSR count). The lowest BCUT2D eigenvalue weighted by atomic mass is 10.1. The molecule has 0 saturated heterocycles. The van der Waals surface area contributed by atoms with Gasteiger partial charge >= 0.3 is 0 Å². The summed E-state index contributed by atoms with van der Waals surface area (Å²) < 4.78 is 11.1. The Bertz CT molecular complexity index is 399. The molecule has 0 radical (unpaired) electrons. The van der Waals surface area contributed by atoms with Crippen LogP contribution in [0, 0.1) is 6.92 Å². The molecule has 1 fully saturated rings. The molecule has 3 heteroatoms. The van der Waals surface area contributed by atoms with Crippen LogP contribution in [-0.4, -0.2) is 19.3 Å². The third-order valence-corrected chi connectivity index (χ3v) is 3.16. The van der Waals surface area contributed by atoms with Crippen LogP contribution >= 0.6 is 0 Å². The Kier molecular flexibility index (Phi) is 2.48. The second-order valence-corrected chi connectivity index (χ2v) is 4.58. The molecule has 1 aliphatic carbocycles. The summed E-state index contributed by atoms with van der Waals surface area (Å²) in [7, 11) is 0. The van der Waals surface area contributed by atoms with Crippen molar-refractivity contribution in [2.45, 2.75) is 32.4 Å². The Morgan fingerprint density at radius 3 is 2.56 bits per heavy atom. The maximum absolute atomic E-state index is 5.59. The van der Waals surface area contributed by atoms with Gasteiger partial charge in [0.15, 0.2) is 11.5 Å². The maximum atomic E-state index is 5.59. The molecule has 3 nitrogen and oxygen atoms in total. The lowest BCUT2D eigenvalue weighted by molar-refractivity contribution is 0.171. The fraction of sp³-hybridized carbons (Fsp3) is 0.538. The topological polar surface area (TPSA) is 30.5 Å². The Hall–Kier alpha value is -1.22. The van der Waals surface area contributed by atoms with Crippen LogP contribution < -0.4 is 14.8 Å². The molecule has 0 atom stereocenters. The van der Waals surface area contributed by atoms with Gasteiger partial charge in [-0.15, -0.1) is 0 Å². The minimum Gasteiger partial charge on any atom is -0.486 e. The van der Waals surface area contributed by atoms with Crippen LogP contribution in [0.2, 0.25) is 0 Å². The SMILES string of the molecule is Cc1cc2c(cc1CNC1CC1)OCCO2. The van der Waals surface area contributed by atoms with Gasteiger partial charge in [0.05, 0.1) is 0 Å². The summed E-state index contributed by atoms with van der Waals surface area (Å²) in [5.41, 5.74) is 2.59. The summed E-state index contributed by atoms with van der Waals surface area (Å²) in [6, 6.07) is 4.94. The highest BCUT2D eigenvalue weighted by Gasteiger charge is 2.21. The number of fused-ring (bicyclic) bond motifs is 1. The van der Waals surface area contributed by atoms with Crippen LogP contribution in [0.1, 0.15) is 24.0 Å². The van der Waals surface area contributed by atoms with E-state index >= 15 is 0 Å². The highest BCUT2D eigenvalue weighted by Crippen LogP contribution is 2.33. The van der Waals surface area contributed by atoms with Crippen LogP contribution in [0.15, 0.2) is 12.1 Å². The number of benzene rings is 1. The number of rotatable bonds is 3. The van der Waals surface area contributed by atoms with Gasteiger partial charge in [-0.2, -0.15) is 0 Å². The zero-order valence-electron chi connectivity index (χ0n) is 9.58. The first-order chi connectivity index (χ1) is 7.83.